The van der Waals surface area contributed by atoms with Crippen LogP contribution in [-0.2, 0) is 4.79 Å². The molecule has 1 fully saturated rings. The van der Waals surface area contributed by atoms with Gasteiger partial charge in [0.05, 0.1) is 6.04 Å². The Morgan fingerprint density at radius 2 is 2.17 bits per heavy atom. The molecule has 3 N–H and O–H groups in total. The molecule has 0 bridgehead atoms. The number of imidazole rings is 1. The van der Waals surface area contributed by atoms with Crippen LogP contribution in [0.2, 0.25) is 0 Å². The summed E-state index contributed by atoms with van der Waals surface area (Å²) in [7, 11) is 0. The molecular formula is C13H22N4O. The van der Waals surface area contributed by atoms with E-state index < -0.39 is 0 Å². The van der Waals surface area contributed by atoms with Crippen molar-refractivity contribution >= 4 is 5.91 Å². The lowest BCUT2D eigenvalue weighted by Gasteiger charge is -2.33. The van der Waals surface area contributed by atoms with E-state index in [1.807, 2.05) is 24.9 Å². The van der Waals surface area contributed by atoms with E-state index in [1.54, 1.807) is 6.20 Å². The fourth-order valence-electron chi connectivity index (χ4n) is 2.37. The number of hydrogen-bond donors (Lipinski definition) is 2. The first-order valence-corrected chi connectivity index (χ1v) is 6.63. The third-order valence-corrected chi connectivity index (χ3v) is 3.72. The quantitative estimate of drug-likeness (QED) is 0.843. The molecule has 0 aromatic carbocycles. The molecule has 1 aliphatic rings. The van der Waals surface area contributed by atoms with E-state index in [0.717, 1.165) is 31.8 Å². The number of carbonyl (C=O) groups is 1. The summed E-state index contributed by atoms with van der Waals surface area (Å²) in [4.78, 5) is 21.4. The third kappa shape index (κ3) is 2.72. The first-order chi connectivity index (χ1) is 8.59. The summed E-state index contributed by atoms with van der Waals surface area (Å²) in [6.45, 7) is 5.53. The van der Waals surface area contributed by atoms with Crippen LogP contribution in [0.25, 0.3) is 0 Å². The number of H-pyrrole nitrogens is 1. The van der Waals surface area contributed by atoms with Gasteiger partial charge >= 0.3 is 0 Å². The maximum atomic E-state index is 12.1. The summed E-state index contributed by atoms with van der Waals surface area (Å²) in [6, 6.07) is -0.370. The fraction of sp³-hybridized carbons (Fsp3) is 0.692. The summed E-state index contributed by atoms with van der Waals surface area (Å²) in [6.07, 6.45) is 5.55. The Morgan fingerprint density at radius 3 is 2.67 bits per heavy atom. The number of rotatable bonds is 3. The van der Waals surface area contributed by atoms with Gasteiger partial charge in [0.2, 0.25) is 5.91 Å². The van der Waals surface area contributed by atoms with Gasteiger partial charge in [0.15, 0.2) is 0 Å². The summed E-state index contributed by atoms with van der Waals surface area (Å²) in [5.41, 5.74) is 5.91. The predicted octanol–water partition coefficient (Wildman–Crippen LogP) is 1.10. The molecular weight excluding hydrogens is 228 g/mol. The lowest BCUT2D eigenvalue weighted by Crippen LogP contribution is -2.49. The van der Waals surface area contributed by atoms with Crippen LogP contribution in [-0.4, -0.2) is 39.9 Å². The third-order valence-electron chi connectivity index (χ3n) is 3.72. The second-order valence-electron chi connectivity index (χ2n) is 5.34. The molecule has 5 nitrogen and oxygen atoms in total. The van der Waals surface area contributed by atoms with Crippen molar-refractivity contribution in [3.8, 4) is 0 Å². The first-order valence-electron chi connectivity index (χ1n) is 6.63. The van der Waals surface area contributed by atoms with Gasteiger partial charge in [-0.3, -0.25) is 4.79 Å². The Hall–Kier alpha value is -1.36. The molecule has 0 radical (unpaired) electrons. The minimum absolute atomic E-state index is 0.0860. The number of piperidine rings is 1. The van der Waals surface area contributed by atoms with Crippen LogP contribution in [0.4, 0.5) is 0 Å². The molecule has 1 saturated heterocycles. The molecule has 1 atom stereocenters. The van der Waals surface area contributed by atoms with E-state index in [2.05, 4.69) is 9.97 Å². The zero-order chi connectivity index (χ0) is 13.1. The van der Waals surface area contributed by atoms with E-state index in [9.17, 15) is 4.79 Å². The Morgan fingerprint density at radius 1 is 1.50 bits per heavy atom. The predicted molar refractivity (Wildman–Crippen MR) is 70.0 cm³/mol. The molecule has 1 aromatic rings. The van der Waals surface area contributed by atoms with Gasteiger partial charge < -0.3 is 15.6 Å². The average Bonchev–Trinajstić information content (AvgIpc) is 2.91. The number of aromatic nitrogens is 2. The van der Waals surface area contributed by atoms with Crippen LogP contribution in [0.1, 0.15) is 38.4 Å². The molecule has 100 valence electrons. The summed E-state index contributed by atoms with van der Waals surface area (Å²) >= 11 is 0. The van der Waals surface area contributed by atoms with Crippen LogP contribution in [0.5, 0.6) is 0 Å². The Balaban J connectivity index is 1.89. The molecule has 1 amide bonds. The van der Waals surface area contributed by atoms with Gasteiger partial charge in [-0.15, -0.1) is 0 Å². The first kappa shape index (κ1) is 13.1. The molecule has 2 heterocycles. The van der Waals surface area contributed by atoms with Crippen LogP contribution in [0.15, 0.2) is 12.4 Å². The van der Waals surface area contributed by atoms with E-state index in [-0.39, 0.29) is 17.9 Å². The van der Waals surface area contributed by atoms with E-state index in [0.29, 0.717) is 5.92 Å². The Labute approximate surface area is 108 Å². The topological polar surface area (TPSA) is 75.0 Å². The average molecular weight is 250 g/mol. The van der Waals surface area contributed by atoms with Gasteiger partial charge in [0.25, 0.3) is 0 Å². The lowest BCUT2D eigenvalue weighted by atomic mass is 9.94. The summed E-state index contributed by atoms with van der Waals surface area (Å²) in [5, 5.41) is 0. The van der Waals surface area contributed by atoms with Crippen molar-refractivity contribution in [3.63, 3.8) is 0 Å². The standard InChI is InChI=1S/C13H22N4O/c1-9(2)11(14)13(18)17-7-3-10(4-8-17)12-15-5-6-16-12/h5-6,9-11H,3-4,7-8,14H2,1-2H3,(H,15,16). The van der Waals surface area contributed by atoms with Crippen LogP contribution < -0.4 is 5.73 Å². The van der Waals surface area contributed by atoms with Crippen molar-refractivity contribution in [2.75, 3.05) is 13.1 Å². The lowest BCUT2D eigenvalue weighted by molar-refractivity contribution is -0.134. The molecule has 2 rings (SSSR count). The maximum absolute atomic E-state index is 12.1. The smallest absolute Gasteiger partial charge is 0.239 e. The SMILES string of the molecule is CC(C)C(N)C(=O)N1CCC(c2ncc[nH]2)CC1. The number of nitrogens with one attached hydrogen (secondary N) is 1. The van der Waals surface area contributed by atoms with Crippen molar-refractivity contribution in [1.29, 1.82) is 0 Å². The Bertz CT molecular complexity index is 380. The molecule has 0 saturated carbocycles. The molecule has 1 aromatic heterocycles. The van der Waals surface area contributed by atoms with E-state index in [4.69, 9.17) is 5.73 Å². The fourth-order valence-corrected chi connectivity index (χ4v) is 2.37. The van der Waals surface area contributed by atoms with Gasteiger partial charge in [0.1, 0.15) is 5.82 Å². The second kappa shape index (κ2) is 5.52. The minimum atomic E-state index is -0.370. The largest absolute Gasteiger partial charge is 0.348 e. The minimum Gasteiger partial charge on any atom is -0.348 e. The molecule has 18 heavy (non-hydrogen) atoms. The van der Waals surface area contributed by atoms with Gasteiger partial charge in [-0.25, -0.2) is 4.98 Å². The summed E-state index contributed by atoms with van der Waals surface area (Å²) in [5.74, 6) is 1.76. The van der Waals surface area contributed by atoms with Crippen molar-refractivity contribution in [2.45, 2.75) is 38.6 Å². The van der Waals surface area contributed by atoms with Gasteiger partial charge in [-0.2, -0.15) is 0 Å². The summed E-state index contributed by atoms with van der Waals surface area (Å²) < 4.78 is 0. The molecule has 1 unspecified atom stereocenters. The Kier molecular flexibility index (Phi) is 4.01. The molecule has 0 aliphatic carbocycles. The number of hydrogen-bond acceptors (Lipinski definition) is 3. The van der Waals surface area contributed by atoms with Crippen molar-refractivity contribution < 1.29 is 4.79 Å². The molecule has 1 aliphatic heterocycles. The highest BCUT2D eigenvalue weighted by atomic mass is 16.2. The highest BCUT2D eigenvalue weighted by Crippen LogP contribution is 2.25. The molecule has 0 spiro atoms. The number of amides is 1. The number of nitrogens with zero attached hydrogens (tertiary/aromatic N) is 2. The monoisotopic (exact) mass is 250 g/mol. The highest BCUT2D eigenvalue weighted by molar-refractivity contribution is 5.82. The zero-order valence-electron chi connectivity index (χ0n) is 11.1. The van der Waals surface area contributed by atoms with Crippen LogP contribution >= 0.6 is 0 Å². The zero-order valence-corrected chi connectivity index (χ0v) is 11.1. The van der Waals surface area contributed by atoms with Crippen LogP contribution in [0.3, 0.4) is 0 Å². The number of carbonyl (C=O) groups excluding carboxylic acids is 1. The van der Waals surface area contributed by atoms with Gasteiger partial charge in [-0.1, -0.05) is 13.8 Å². The molecule has 5 heteroatoms. The van der Waals surface area contributed by atoms with Crippen molar-refractivity contribution in [2.24, 2.45) is 11.7 Å². The number of nitrogens with two attached hydrogens (primary N) is 1. The number of aromatic amines is 1. The van der Waals surface area contributed by atoms with Gasteiger partial charge in [0, 0.05) is 31.4 Å². The second-order valence-corrected chi connectivity index (χ2v) is 5.34. The van der Waals surface area contributed by atoms with Crippen molar-refractivity contribution in [3.05, 3.63) is 18.2 Å². The normalized spacial score (nSPS) is 19.2. The van der Waals surface area contributed by atoms with Crippen LogP contribution in [0, 0.1) is 5.92 Å². The number of likely N-dealkylation sites (tertiary alicyclic amines) is 1. The maximum Gasteiger partial charge on any atom is 0.239 e. The van der Waals surface area contributed by atoms with Crippen molar-refractivity contribution in [1.82, 2.24) is 14.9 Å². The van der Waals surface area contributed by atoms with E-state index in [1.165, 1.54) is 0 Å². The van der Waals surface area contributed by atoms with E-state index >= 15 is 0 Å². The highest BCUT2D eigenvalue weighted by Gasteiger charge is 2.28. The van der Waals surface area contributed by atoms with Gasteiger partial charge in [-0.05, 0) is 18.8 Å².